The first-order valence-corrected chi connectivity index (χ1v) is 12.1. The number of aryl methyl sites for hydroxylation is 2. The lowest BCUT2D eigenvalue weighted by molar-refractivity contribution is 0.122. The second-order valence-corrected chi connectivity index (χ2v) is 9.20. The molecule has 1 N–H and O–H groups in total. The van der Waals surface area contributed by atoms with Crippen molar-refractivity contribution in [2.45, 2.75) is 33.2 Å². The number of carbonyl (C=O) groups is 1. The molecule has 0 saturated carbocycles. The van der Waals surface area contributed by atoms with Crippen LogP contribution in [0.1, 0.15) is 33.8 Å². The molecule has 2 aliphatic rings. The third-order valence-corrected chi connectivity index (χ3v) is 6.69. The Morgan fingerprint density at radius 2 is 1.89 bits per heavy atom. The zero-order valence-corrected chi connectivity index (χ0v) is 20.2. The van der Waals surface area contributed by atoms with Gasteiger partial charge in [-0.25, -0.2) is 19.2 Å². The average Bonchev–Trinajstić information content (AvgIpc) is 2.86. The number of benzene rings is 2. The summed E-state index contributed by atoms with van der Waals surface area (Å²) in [6.07, 6.45) is 1.10. The van der Waals surface area contributed by atoms with Gasteiger partial charge in [0.05, 0.1) is 25.5 Å². The Balaban J connectivity index is 1.41. The van der Waals surface area contributed by atoms with Crippen molar-refractivity contribution in [3.05, 3.63) is 82.1 Å². The van der Waals surface area contributed by atoms with Crippen LogP contribution in [0.25, 0.3) is 0 Å². The Morgan fingerprint density at radius 1 is 1.06 bits per heavy atom. The molecular formula is C27H30FN5O2. The fraction of sp³-hybridized carbons (Fsp3) is 0.370. The summed E-state index contributed by atoms with van der Waals surface area (Å²) in [6, 6.07) is 12.4. The van der Waals surface area contributed by atoms with Crippen molar-refractivity contribution in [3.8, 4) is 0 Å². The van der Waals surface area contributed by atoms with Gasteiger partial charge in [0.15, 0.2) is 0 Å². The smallest absolute Gasteiger partial charge is 0.322 e. The molecule has 1 aromatic heterocycles. The lowest BCUT2D eigenvalue weighted by atomic mass is 10.0. The van der Waals surface area contributed by atoms with Gasteiger partial charge < -0.3 is 19.9 Å². The number of hydrogen-bond donors (Lipinski definition) is 1. The number of amides is 2. The zero-order valence-electron chi connectivity index (χ0n) is 20.2. The van der Waals surface area contributed by atoms with Crippen molar-refractivity contribution in [2.75, 3.05) is 43.1 Å². The van der Waals surface area contributed by atoms with Crippen molar-refractivity contribution >= 4 is 17.5 Å². The largest absolute Gasteiger partial charge is 0.378 e. The van der Waals surface area contributed by atoms with Gasteiger partial charge in [0.2, 0.25) is 0 Å². The molecule has 1 fully saturated rings. The van der Waals surface area contributed by atoms with Gasteiger partial charge in [-0.05, 0) is 54.8 Å². The van der Waals surface area contributed by atoms with Crippen LogP contribution in [0, 0.1) is 19.7 Å². The Labute approximate surface area is 204 Å². The van der Waals surface area contributed by atoms with Crippen LogP contribution in [0.5, 0.6) is 0 Å². The lowest BCUT2D eigenvalue weighted by Crippen LogP contribution is -2.42. The van der Waals surface area contributed by atoms with Gasteiger partial charge in [0, 0.05) is 43.7 Å². The van der Waals surface area contributed by atoms with Gasteiger partial charge in [0.1, 0.15) is 17.5 Å². The number of anilines is 2. The first-order valence-electron chi connectivity index (χ1n) is 12.1. The molecule has 182 valence electrons. The molecule has 0 radical (unpaired) electrons. The minimum absolute atomic E-state index is 0.129. The summed E-state index contributed by atoms with van der Waals surface area (Å²) in [6.45, 7) is 7.84. The molecule has 1 saturated heterocycles. The number of fused-ring (bicyclic) bond motifs is 1. The van der Waals surface area contributed by atoms with Gasteiger partial charge in [-0.2, -0.15) is 0 Å². The van der Waals surface area contributed by atoms with Crippen LogP contribution in [0.4, 0.5) is 20.7 Å². The highest BCUT2D eigenvalue weighted by atomic mass is 19.1. The number of ether oxygens (including phenoxy) is 1. The van der Waals surface area contributed by atoms with Crippen molar-refractivity contribution in [1.82, 2.24) is 14.9 Å². The van der Waals surface area contributed by atoms with Crippen molar-refractivity contribution in [2.24, 2.45) is 0 Å². The Morgan fingerprint density at radius 3 is 2.66 bits per heavy atom. The fourth-order valence-electron chi connectivity index (χ4n) is 4.59. The summed E-state index contributed by atoms with van der Waals surface area (Å²) >= 11 is 0. The standard InChI is InChI=1S/C27H30FN5O2/c1-18-6-7-22(14-19(18)2)29-27(34)33-9-8-24-23(17-33)26(32-10-12-35-13-11-32)31-25(30-24)16-20-4-3-5-21(28)15-20/h3-7,14-15H,8-13,16-17H2,1-2H3,(H,29,34). The number of urea groups is 1. The van der Waals surface area contributed by atoms with Crippen LogP contribution in [-0.4, -0.2) is 53.7 Å². The predicted octanol–water partition coefficient (Wildman–Crippen LogP) is 4.25. The number of rotatable bonds is 4. The van der Waals surface area contributed by atoms with E-state index in [9.17, 15) is 9.18 Å². The van der Waals surface area contributed by atoms with E-state index in [0.717, 1.165) is 47.0 Å². The molecule has 0 atom stereocenters. The molecule has 3 aromatic rings. The molecular weight excluding hydrogens is 445 g/mol. The van der Waals surface area contributed by atoms with Crippen LogP contribution in [0.2, 0.25) is 0 Å². The van der Waals surface area contributed by atoms with Gasteiger partial charge in [-0.3, -0.25) is 0 Å². The minimum Gasteiger partial charge on any atom is -0.378 e. The maximum atomic E-state index is 13.7. The molecule has 2 aromatic carbocycles. The highest BCUT2D eigenvalue weighted by Crippen LogP contribution is 2.29. The highest BCUT2D eigenvalue weighted by Gasteiger charge is 2.28. The Hall–Kier alpha value is -3.52. The second-order valence-electron chi connectivity index (χ2n) is 9.20. The Kier molecular flexibility index (Phi) is 6.63. The highest BCUT2D eigenvalue weighted by molar-refractivity contribution is 5.89. The van der Waals surface area contributed by atoms with Gasteiger partial charge in [-0.1, -0.05) is 18.2 Å². The van der Waals surface area contributed by atoms with Crippen molar-refractivity contribution < 1.29 is 13.9 Å². The van der Waals surface area contributed by atoms with Crippen LogP contribution in [0.3, 0.4) is 0 Å². The molecule has 0 spiro atoms. The van der Waals surface area contributed by atoms with Gasteiger partial charge in [0.25, 0.3) is 0 Å². The number of aromatic nitrogens is 2. The molecule has 7 nitrogen and oxygen atoms in total. The lowest BCUT2D eigenvalue weighted by Gasteiger charge is -2.34. The topological polar surface area (TPSA) is 70.6 Å². The molecule has 2 amide bonds. The van der Waals surface area contributed by atoms with Crippen LogP contribution < -0.4 is 10.2 Å². The third-order valence-electron chi connectivity index (χ3n) is 6.69. The molecule has 8 heteroatoms. The number of hydrogen-bond acceptors (Lipinski definition) is 5. The first-order chi connectivity index (χ1) is 17.0. The summed E-state index contributed by atoms with van der Waals surface area (Å²) in [5.41, 5.74) is 5.90. The predicted molar refractivity (Wildman–Crippen MR) is 133 cm³/mol. The summed E-state index contributed by atoms with van der Waals surface area (Å²) in [4.78, 5) is 26.9. The fourth-order valence-corrected chi connectivity index (χ4v) is 4.59. The van der Waals surface area contributed by atoms with E-state index in [1.54, 1.807) is 6.07 Å². The van der Waals surface area contributed by atoms with E-state index >= 15 is 0 Å². The minimum atomic E-state index is -0.265. The summed E-state index contributed by atoms with van der Waals surface area (Å²) in [5, 5.41) is 3.04. The molecule has 0 aliphatic carbocycles. The van der Waals surface area contributed by atoms with Crippen molar-refractivity contribution in [1.29, 1.82) is 0 Å². The molecule has 2 aliphatic heterocycles. The van der Waals surface area contributed by atoms with E-state index < -0.39 is 0 Å². The molecule has 0 unspecified atom stereocenters. The normalized spacial score (nSPS) is 15.6. The summed E-state index contributed by atoms with van der Waals surface area (Å²) in [7, 11) is 0. The number of morpholine rings is 1. The quantitative estimate of drug-likeness (QED) is 0.611. The maximum absolute atomic E-state index is 13.7. The van der Waals surface area contributed by atoms with E-state index in [4.69, 9.17) is 14.7 Å². The van der Waals surface area contributed by atoms with E-state index in [1.165, 1.54) is 17.7 Å². The van der Waals surface area contributed by atoms with Crippen LogP contribution in [-0.2, 0) is 24.1 Å². The number of halogens is 1. The number of carbonyl (C=O) groups excluding carboxylic acids is 1. The third kappa shape index (κ3) is 5.27. The van der Waals surface area contributed by atoms with Crippen LogP contribution >= 0.6 is 0 Å². The van der Waals surface area contributed by atoms with Crippen molar-refractivity contribution in [3.63, 3.8) is 0 Å². The average molecular weight is 476 g/mol. The Bertz CT molecular complexity index is 1240. The molecule has 0 bridgehead atoms. The monoisotopic (exact) mass is 475 g/mol. The van der Waals surface area contributed by atoms with E-state index in [-0.39, 0.29) is 11.8 Å². The maximum Gasteiger partial charge on any atom is 0.322 e. The van der Waals surface area contributed by atoms with E-state index in [0.29, 0.717) is 45.0 Å². The molecule has 5 rings (SSSR count). The first kappa shape index (κ1) is 23.2. The number of nitrogens with one attached hydrogen (secondary N) is 1. The summed E-state index contributed by atoms with van der Waals surface area (Å²) in [5.74, 6) is 1.26. The zero-order chi connectivity index (χ0) is 24.4. The second kappa shape index (κ2) is 10.00. The summed E-state index contributed by atoms with van der Waals surface area (Å²) < 4.78 is 19.3. The van der Waals surface area contributed by atoms with Gasteiger partial charge in [-0.15, -0.1) is 0 Å². The molecule has 35 heavy (non-hydrogen) atoms. The van der Waals surface area contributed by atoms with Gasteiger partial charge >= 0.3 is 6.03 Å². The van der Waals surface area contributed by atoms with E-state index in [1.807, 2.05) is 36.1 Å². The van der Waals surface area contributed by atoms with E-state index in [2.05, 4.69) is 17.1 Å². The number of nitrogens with zero attached hydrogens (tertiary/aromatic N) is 4. The van der Waals surface area contributed by atoms with Crippen LogP contribution in [0.15, 0.2) is 42.5 Å². The molecule has 3 heterocycles. The SMILES string of the molecule is Cc1ccc(NC(=O)N2CCc3nc(Cc4cccc(F)c4)nc(N4CCOCC4)c3C2)cc1C.